The van der Waals surface area contributed by atoms with Crippen LogP contribution in [0, 0.1) is 5.82 Å². The number of fused-ring (bicyclic) bond motifs is 1. The van der Waals surface area contributed by atoms with Crippen LogP contribution < -0.4 is 5.32 Å². The molecule has 0 bridgehead atoms. The molecule has 1 aromatic carbocycles. The van der Waals surface area contributed by atoms with Gasteiger partial charge in [-0.15, -0.1) is 11.8 Å². The van der Waals surface area contributed by atoms with Crippen LogP contribution in [0.5, 0.6) is 0 Å². The molecule has 0 spiro atoms. The van der Waals surface area contributed by atoms with Gasteiger partial charge in [-0.05, 0) is 37.5 Å². The maximum absolute atomic E-state index is 13.4. The topological polar surface area (TPSA) is 75.4 Å². The van der Waals surface area contributed by atoms with E-state index in [1.54, 1.807) is 6.07 Å². The molecular formula is C21H20FN3O3S. The Bertz CT molecular complexity index is 1080. The van der Waals surface area contributed by atoms with Crippen LogP contribution >= 0.6 is 11.8 Å². The Labute approximate surface area is 171 Å². The van der Waals surface area contributed by atoms with E-state index in [-0.39, 0.29) is 28.8 Å². The smallest absolute Gasteiger partial charge is 0.265 e. The number of halogens is 1. The molecule has 4 heterocycles. The zero-order valence-electron chi connectivity index (χ0n) is 15.9. The van der Waals surface area contributed by atoms with Gasteiger partial charge in [0.1, 0.15) is 5.82 Å². The van der Waals surface area contributed by atoms with Crippen molar-refractivity contribution in [3.8, 4) is 0 Å². The number of hydrogen-bond donors (Lipinski definition) is 1. The summed E-state index contributed by atoms with van der Waals surface area (Å²) < 4.78 is 18.7. The molecule has 1 saturated heterocycles. The van der Waals surface area contributed by atoms with Gasteiger partial charge >= 0.3 is 0 Å². The van der Waals surface area contributed by atoms with Crippen molar-refractivity contribution in [2.75, 3.05) is 13.1 Å². The first-order chi connectivity index (χ1) is 14.0. The third kappa shape index (κ3) is 3.06. The van der Waals surface area contributed by atoms with Crippen molar-refractivity contribution >= 4 is 34.5 Å². The highest BCUT2D eigenvalue weighted by atomic mass is 32.2. The van der Waals surface area contributed by atoms with E-state index in [0.717, 1.165) is 49.1 Å². The monoisotopic (exact) mass is 413 g/mol. The van der Waals surface area contributed by atoms with Crippen molar-refractivity contribution < 1.29 is 18.5 Å². The molecule has 2 amide bonds. The number of carbonyl (C=O) groups is 2. The third-order valence-corrected chi connectivity index (χ3v) is 7.38. The van der Waals surface area contributed by atoms with Gasteiger partial charge < -0.3 is 9.42 Å². The molecule has 1 unspecified atom stereocenters. The minimum absolute atomic E-state index is 0.165. The van der Waals surface area contributed by atoms with E-state index >= 15 is 0 Å². The minimum Gasteiger partial charge on any atom is -0.374 e. The van der Waals surface area contributed by atoms with E-state index in [1.165, 1.54) is 23.9 Å². The summed E-state index contributed by atoms with van der Waals surface area (Å²) in [5.74, 6) is -0.663. The van der Waals surface area contributed by atoms with Crippen LogP contribution in [0.4, 0.5) is 4.39 Å². The van der Waals surface area contributed by atoms with Gasteiger partial charge in [0.2, 0.25) is 0 Å². The number of nitrogens with one attached hydrogen (secondary N) is 1. The second-order valence-electron chi connectivity index (χ2n) is 7.58. The van der Waals surface area contributed by atoms with Crippen molar-refractivity contribution in [1.82, 2.24) is 15.4 Å². The van der Waals surface area contributed by atoms with Crippen LogP contribution in [0.15, 0.2) is 45.0 Å². The number of carbonyl (C=O) groups excluding carboxylic acids is 2. The number of piperidine rings is 1. The van der Waals surface area contributed by atoms with E-state index in [9.17, 15) is 14.0 Å². The highest BCUT2D eigenvalue weighted by Gasteiger charge is 2.38. The molecule has 3 aliphatic rings. The van der Waals surface area contributed by atoms with Crippen LogP contribution in [0.1, 0.15) is 37.8 Å². The molecular weight excluding hydrogens is 393 g/mol. The first-order valence-corrected chi connectivity index (χ1v) is 10.7. The number of benzene rings is 1. The lowest BCUT2D eigenvalue weighted by Crippen LogP contribution is -2.36. The Morgan fingerprint density at radius 1 is 1.28 bits per heavy atom. The zero-order chi connectivity index (χ0) is 20.1. The van der Waals surface area contributed by atoms with Crippen LogP contribution in [0.2, 0.25) is 0 Å². The molecule has 3 aliphatic heterocycles. The van der Waals surface area contributed by atoms with E-state index < -0.39 is 0 Å². The average Bonchev–Trinajstić information content (AvgIpc) is 3.27. The predicted octanol–water partition coefficient (Wildman–Crippen LogP) is 3.47. The summed E-state index contributed by atoms with van der Waals surface area (Å²) in [6.07, 6.45) is 4.58. The normalized spacial score (nSPS) is 22.9. The summed E-state index contributed by atoms with van der Waals surface area (Å²) in [5, 5.41) is 7.65. The summed E-state index contributed by atoms with van der Waals surface area (Å²) in [6.45, 7) is 3.77. The number of imide groups is 1. The highest BCUT2D eigenvalue weighted by molar-refractivity contribution is 8.04. The number of hydrogen-bond acceptors (Lipinski definition) is 6. The quantitative estimate of drug-likeness (QED) is 0.777. The summed E-state index contributed by atoms with van der Waals surface area (Å²) in [7, 11) is 0. The van der Waals surface area contributed by atoms with Crippen LogP contribution in [0.3, 0.4) is 0 Å². The van der Waals surface area contributed by atoms with Gasteiger partial charge in [-0.25, -0.2) is 4.39 Å². The number of rotatable bonds is 3. The summed E-state index contributed by atoms with van der Waals surface area (Å²) in [6, 6.07) is 4.55. The van der Waals surface area contributed by atoms with Gasteiger partial charge in [-0.2, -0.15) is 0 Å². The maximum Gasteiger partial charge on any atom is 0.265 e. The van der Waals surface area contributed by atoms with Gasteiger partial charge in [0.15, 0.2) is 5.58 Å². The van der Waals surface area contributed by atoms with Gasteiger partial charge in [-0.1, -0.05) is 12.1 Å². The number of aromatic nitrogens is 1. The molecule has 1 N–H and O–H groups in total. The second-order valence-corrected chi connectivity index (χ2v) is 8.79. The van der Waals surface area contributed by atoms with E-state index in [1.807, 2.05) is 6.08 Å². The van der Waals surface area contributed by atoms with Crippen LogP contribution in [0.25, 0.3) is 11.0 Å². The summed E-state index contributed by atoms with van der Waals surface area (Å²) >= 11 is 1.49. The first kappa shape index (κ1) is 18.4. The largest absolute Gasteiger partial charge is 0.374 e. The van der Waals surface area contributed by atoms with Crippen LogP contribution in [-0.2, 0) is 9.59 Å². The Morgan fingerprint density at radius 2 is 2.07 bits per heavy atom. The SMILES string of the molecule is CCC1SC2=C(C=C1N1CCC(c3noc4cc(F)ccc34)CC1)C(=O)NC2=O. The first-order valence-electron chi connectivity index (χ1n) is 9.83. The van der Waals surface area contributed by atoms with Crippen molar-refractivity contribution in [3.05, 3.63) is 52.0 Å². The molecule has 29 heavy (non-hydrogen) atoms. The van der Waals surface area contributed by atoms with Crippen molar-refractivity contribution in [2.24, 2.45) is 0 Å². The van der Waals surface area contributed by atoms with Gasteiger partial charge in [0, 0.05) is 41.4 Å². The van der Waals surface area contributed by atoms with E-state index in [4.69, 9.17) is 4.52 Å². The zero-order valence-corrected chi connectivity index (χ0v) is 16.7. The number of likely N-dealkylation sites (tertiary alicyclic amines) is 1. The van der Waals surface area contributed by atoms with Crippen LogP contribution in [-0.4, -0.2) is 40.2 Å². The van der Waals surface area contributed by atoms with Gasteiger partial charge in [0.25, 0.3) is 11.8 Å². The molecule has 8 heteroatoms. The highest BCUT2D eigenvalue weighted by Crippen LogP contribution is 2.42. The molecule has 1 atom stereocenters. The Balaban J connectivity index is 1.36. The summed E-state index contributed by atoms with van der Waals surface area (Å²) in [5.41, 5.74) is 2.98. The van der Waals surface area contributed by atoms with Gasteiger partial charge in [-0.3, -0.25) is 14.9 Å². The maximum atomic E-state index is 13.4. The van der Waals surface area contributed by atoms with Crippen molar-refractivity contribution in [1.29, 1.82) is 0 Å². The molecule has 0 saturated carbocycles. The lowest BCUT2D eigenvalue weighted by Gasteiger charge is -2.38. The molecule has 1 aromatic heterocycles. The fraction of sp³-hybridized carbons (Fsp3) is 0.381. The van der Waals surface area contributed by atoms with E-state index in [2.05, 4.69) is 22.3 Å². The fourth-order valence-corrected chi connectivity index (χ4v) is 5.59. The third-order valence-electron chi connectivity index (χ3n) is 5.88. The Hall–Kier alpha value is -2.61. The predicted molar refractivity (Wildman–Crippen MR) is 107 cm³/mol. The number of nitrogens with zero attached hydrogens (tertiary/aromatic N) is 2. The Kier molecular flexibility index (Phi) is 4.46. The molecule has 0 aliphatic carbocycles. The lowest BCUT2D eigenvalue weighted by molar-refractivity contribution is -0.123. The molecule has 5 rings (SSSR count). The molecule has 150 valence electrons. The molecule has 0 radical (unpaired) electrons. The molecule has 2 aromatic rings. The van der Waals surface area contributed by atoms with E-state index in [0.29, 0.717) is 16.1 Å². The number of thioether (sulfide) groups is 1. The minimum atomic E-state index is -0.328. The lowest BCUT2D eigenvalue weighted by atomic mass is 9.91. The Morgan fingerprint density at radius 3 is 2.83 bits per heavy atom. The van der Waals surface area contributed by atoms with Crippen molar-refractivity contribution in [3.63, 3.8) is 0 Å². The molecule has 1 fully saturated rings. The van der Waals surface area contributed by atoms with Gasteiger partial charge in [0.05, 0.1) is 16.2 Å². The fourth-order valence-electron chi connectivity index (χ4n) is 4.37. The second kappa shape index (κ2) is 7.02. The number of amides is 2. The van der Waals surface area contributed by atoms with Crippen molar-refractivity contribution in [2.45, 2.75) is 37.4 Å². The summed E-state index contributed by atoms with van der Waals surface area (Å²) in [4.78, 5) is 26.9. The molecule has 6 nitrogen and oxygen atoms in total. The standard InChI is InChI=1S/C21H20FN3O3S/c1-2-17-15(10-14-19(29-17)21(27)23-20(14)26)25-7-5-11(6-8-25)18-13-4-3-12(22)9-16(13)28-24-18/h3-4,9-11,17H,2,5-8H2,1H3,(H,23,26,27). The average molecular weight is 413 g/mol.